The number of fused-ring (bicyclic) bond motifs is 1. The molecule has 0 saturated carbocycles. The summed E-state index contributed by atoms with van der Waals surface area (Å²) in [4.78, 5) is 16.9. The van der Waals surface area contributed by atoms with Gasteiger partial charge in [0.15, 0.2) is 16.3 Å². The third kappa shape index (κ3) is 3.63. The molecule has 1 aliphatic rings. The Morgan fingerprint density at radius 3 is 2.36 bits per heavy atom. The van der Waals surface area contributed by atoms with Crippen LogP contribution in [0.15, 0.2) is 29.4 Å². The number of alkyl halides is 4. The number of nitrogens with zero attached hydrogens (tertiary/aromatic N) is 2. The van der Waals surface area contributed by atoms with Crippen LogP contribution in [0, 0.1) is 5.41 Å². The topological polar surface area (TPSA) is 73.0 Å². The van der Waals surface area contributed by atoms with Gasteiger partial charge in [0.2, 0.25) is 0 Å². The molecule has 0 spiro atoms. The van der Waals surface area contributed by atoms with Crippen LogP contribution in [0.5, 0.6) is 11.5 Å². The van der Waals surface area contributed by atoms with E-state index in [1.165, 1.54) is 16.8 Å². The SMILES string of the molecule is CC(C)(C)C(=O)/N=c1\sc(CO)cn1-c1ccc2c(c1)OC(F)(F)C(F)(F)O2. The van der Waals surface area contributed by atoms with E-state index in [0.717, 1.165) is 23.5 Å². The maximum atomic E-state index is 13.4. The summed E-state index contributed by atoms with van der Waals surface area (Å²) < 4.78 is 63.0. The van der Waals surface area contributed by atoms with Gasteiger partial charge in [0.25, 0.3) is 5.91 Å². The number of ether oxygens (including phenoxy) is 2. The minimum atomic E-state index is -4.84. The molecule has 3 rings (SSSR count). The molecule has 0 fully saturated rings. The zero-order chi connectivity index (χ0) is 20.9. The summed E-state index contributed by atoms with van der Waals surface area (Å²) in [5, 5.41) is 9.38. The first kappa shape index (κ1) is 20.3. The molecule has 0 aliphatic carbocycles. The second-order valence-electron chi connectivity index (χ2n) is 7.04. The average Bonchev–Trinajstić information content (AvgIpc) is 2.97. The van der Waals surface area contributed by atoms with Crippen molar-refractivity contribution in [2.75, 3.05) is 0 Å². The van der Waals surface area contributed by atoms with E-state index in [4.69, 9.17) is 0 Å². The van der Waals surface area contributed by atoms with E-state index < -0.39 is 35.0 Å². The molecule has 0 atom stereocenters. The number of aliphatic hydroxyl groups is 1. The number of halogens is 4. The lowest BCUT2D eigenvalue weighted by molar-refractivity contribution is -0.391. The summed E-state index contributed by atoms with van der Waals surface area (Å²) >= 11 is 1.02. The summed E-state index contributed by atoms with van der Waals surface area (Å²) in [6.45, 7) is 4.70. The Balaban J connectivity index is 2.10. The quantitative estimate of drug-likeness (QED) is 0.756. The molecule has 1 aromatic heterocycles. The van der Waals surface area contributed by atoms with Crippen LogP contribution in [0.4, 0.5) is 17.6 Å². The van der Waals surface area contributed by atoms with Crippen LogP contribution in [0.2, 0.25) is 0 Å². The molecule has 11 heteroatoms. The second kappa shape index (κ2) is 6.59. The van der Waals surface area contributed by atoms with Crippen molar-refractivity contribution in [1.82, 2.24) is 4.57 Å². The molecule has 6 nitrogen and oxygen atoms in total. The predicted octanol–water partition coefficient (Wildman–Crippen LogP) is 3.46. The van der Waals surface area contributed by atoms with Gasteiger partial charge in [-0.1, -0.05) is 32.1 Å². The predicted molar refractivity (Wildman–Crippen MR) is 90.7 cm³/mol. The summed E-state index contributed by atoms with van der Waals surface area (Å²) in [5.74, 6) is -1.58. The van der Waals surface area contributed by atoms with Gasteiger partial charge < -0.3 is 14.6 Å². The molecule has 0 unspecified atom stereocenters. The number of carbonyl (C=O) groups excluding carboxylic acids is 1. The van der Waals surface area contributed by atoms with Crippen molar-refractivity contribution in [1.29, 1.82) is 0 Å². The van der Waals surface area contributed by atoms with Crippen molar-refractivity contribution in [3.05, 3.63) is 34.1 Å². The molecular formula is C17H16F4N2O4S. The minimum Gasteiger partial charge on any atom is -0.421 e. The van der Waals surface area contributed by atoms with Gasteiger partial charge in [-0.05, 0) is 12.1 Å². The van der Waals surface area contributed by atoms with E-state index in [0.29, 0.717) is 4.88 Å². The Morgan fingerprint density at radius 1 is 1.18 bits per heavy atom. The van der Waals surface area contributed by atoms with E-state index in [9.17, 15) is 27.5 Å². The standard InChI is InChI=1S/C17H16F4N2O4S/c1-15(2,3)13(25)22-14-23(7-10(8-24)28-14)9-4-5-11-12(6-9)27-17(20,21)16(18,19)26-11/h4-7,24H,8H2,1-3H3/b22-14-. The molecule has 1 aliphatic heterocycles. The van der Waals surface area contributed by atoms with Crippen molar-refractivity contribution in [2.24, 2.45) is 10.4 Å². The summed E-state index contributed by atoms with van der Waals surface area (Å²) in [5.41, 5.74) is -0.554. The number of carbonyl (C=O) groups is 1. The molecule has 2 aromatic rings. The average molecular weight is 420 g/mol. The Bertz CT molecular complexity index is 992. The normalized spacial score (nSPS) is 18.2. The van der Waals surface area contributed by atoms with Crippen LogP contribution in [0.1, 0.15) is 25.6 Å². The van der Waals surface area contributed by atoms with Gasteiger partial charge in [0.05, 0.1) is 17.2 Å². The smallest absolute Gasteiger partial charge is 0.421 e. The van der Waals surface area contributed by atoms with Crippen LogP contribution >= 0.6 is 11.3 Å². The molecule has 152 valence electrons. The first-order chi connectivity index (χ1) is 12.8. The number of hydrogen-bond acceptors (Lipinski definition) is 5. The Hall–Kier alpha value is -2.40. The fourth-order valence-corrected chi connectivity index (χ4v) is 3.03. The molecule has 0 saturated heterocycles. The van der Waals surface area contributed by atoms with Gasteiger partial charge in [-0.25, -0.2) is 0 Å². The van der Waals surface area contributed by atoms with Crippen LogP contribution in [0.3, 0.4) is 0 Å². The third-order valence-corrected chi connectivity index (χ3v) is 4.68. The zero-order valence-electron chi connectivity index (χ0n) is 15.0. The van der Waals surface area contributed by atoms with Gasteiger partial charge in [0, 0.05) is 17.7 Å². The summed E-state index contributed by atoms with van der Waals surface area (Å²) in [6.07, 6.45) is -8.19. The third-order valence-electron chi connectivity index (χ3n) is 3.72. The molecule has 1 aromatic carbocycles. The van der Waals surface area contributed by atoms with Crippen molar-refractivity contribution >= 4 is 17.2 Å². The highest BCUT2D eigenvalue weighted by Crippen LogP contribution is 2.47. The molecule has 28 heavy (non-hydrogen) atoms. The number of amides is 1. The fourth-order valence-electron chi connectivity index (χ4n) is 2.19. The van der Waals surface area contributed by atoms with Gasteiger partial charge in [-0.3, -0.25) is 9.36 Å². The second-order valence-corrected chi connectivity index (χ2v) is 8.14. The zero-order valence-corrected chi connectivity index (χ0v) is 15.8. The number of benzene rings is 1. The van der Waals surface area contributed by atoms with E-state index in [-0.39, 0.29) is 17.1 Å². The molecule has 0 radical (unpaired) electrons. The number of thiazole rings is 1. The van der Waals surface area contributed by atoms with Gasteiger partial charge in [-0.15, -0.1) is 0 Å². The Kier molecular flexibility index (Phi) is 4.79. The number of hydrogen-bond donors (Lipinski definition) is 1. The van der Waals surface area contributed by atoms with Crippen LogP contribution in [-0.2, 0) is 11.4 Å². The van der Waals surface area contributed by atoms with Crippen molar-refractivity contribution in [2.45, 2.75) is 39.6 Å². The van der Waals surface area contributed by atoms with E-state index in [1.54, 1.807) is 20.8 Å². The van der Waals surface area contributed by atoms with Crippen molar-refractivity contribution < 1.29 is 36.9 Å². The van der Waals surface area contributed by atoms with Crippen molar-refractivity contribution in [3.8, 4) is 17.2 Å². The number of aliphatic hydroxyl groups excluding tert-OH is 1. The maximum Gasteiger partial charge on any atom is 0.507 e. The van der Waals surface area contributed by atoms with Gasteiger partial charge in [-0.2, -0.15) is 22.6 Å². The number of aromatic nitrogens is 1. The van der Waals surface area contributed by atoms with E-state index >= 15 is 0 Å². The van der Waals surface area contributed by atoms with Crippen LogP contribution < -0.4 is 14.3 Å². The van der Waals surface area contributed by atoms with Gasteiger partial charge in [0.1, 0.15) is 0 Å². The fraction of sp³-hybridized carbons (Fsp3) is 0.412. The first-order valence-corrected chi connectivity index (χ1v) is 8.85. The minimum absolute atomic E-state index is 0.178. The largest absolute Gasteiger partial charge is 0.507 e. The molecule has 1 amide bonds. The van der Waals surface area contributed by atoms with E-state index in [1.807, 2.05) is 0 Å². The summed E-state index contributed by atoms with van der Waals surface area (Å²) in [6, 6.07) is 3.43. The lowest BCUT2D eigenvalue weighted by Gasteiger charge is -2.31. The molecule has 2 heterocycles. The van der Waals surface area contributed by atoms with Gasteiger partial charge >= 0.3 is 12.2 Å². The lowest BCUT2D eigenvalue weighted by atomic mass is 9.96. The first-order valence-electron chi connectivity index (χ1n) is 8.03. The van der Waals surface area contributed by atoms with Crippen LogP contribution in [0.25, 0.3) is 5.69 Å². The van der Waals surface area contributed by atoms with Crippen molar-refractivity contribution in [3.63, 3.8) is 0 Å². The lowest BCUT2D eigenvalue weighted by Crippen LogP contribution is -2.52. The maximum absolute atomic E-state index is 13.4. The highest BCUT2D eigenvalue weighted by Gasteiger charge is 2.65. The molecule has 0 bridgehead atoms. The summed E-state index contributed by atoms with van der Waals surface area (Å²) in [7, 11) is 0. The van der Waals surface area contributed by atoms with Crippen LogP contribution in [-0.4, -0.2) is 27.8 Å². The Morgan fingerprint density at radius 2 is 1.79 bits per heavy atom. The molecular weight excluding hydrogens is 404 g/mol. The highest BCUT2D eigenvalue weighted by molar-refractivity contribution is 7.09. The monoisotopic (exact) mass is 420 g/mol. The highest BCUT2D eigenvalue weighted by atomic mass is 32.1. The van der Waals surface area contributed by atoms with E-state index in [2.05, 4.69) is 14.5 Å². The molecule has 1 N–H and O–H groups in total. The number of rotatable bonds is 2. The Labute approximate surface area is 160 Å².